The predicted molar refractivity (Wildman–Crippen MR) is 73.8 cm³/mol. The van der Waals surface area contributed by atoms with Crippen molar-refractivity contribution in [2.24, 2.45) is 0 Å². The number of anilines is 1. The van der Waals surface area contributed by atoms with Crippen molar-refractivity contribution in [3.8, 4) is 0 Å². The van der Waals surface area contributed by atoms with Gasteiger partial charge in [0.1, 0.15) is 5.82 Å². The number of aryl methyl sites for hydroxylation is 1. The van der Waals surface area contributed by atoms with E-state index in [1.807, 2.05) is 6.07 Å². The van der Waals surface area contributed by atoms with Crippen molar-refractivity contribution in [2.45, 2.75) is 32.9 Å². The van der Waals surface area contributed by atoms with Crippen LogP contribution < -0.4 is 4.90 Å². The highest BCUT2D eigenvalue weighted by Crippen LogP contribution is 2.22. The van der Waals surface area contributed by atoms with Crippen LogP contribution in [0.4, 0.5) is 5.82 Å². The molecule has 0 saturated carbocycles. The Morgan fingerprint density at radius 1 is 1.44 bits per heavy atom. The summed E-state index contributed by atoms with van der Waals surface area (Å²) in [7, 11) is 2.20. The summed E-state index contributed by atoms with van der Waals surface area (Å²) in [6.45, 7) is 7.52. The normalized spacial score (nSPS) is 21.3. The maximum absolute atomic E-state index is 9.12. The second kappa shape index (κ2) is 5.67. The van der Waals surface area contributed by atoms with Gasteiger partial charge in [-0.1, -0.05) is 6.92 Å². The van der Waals surface area contributed by atoms with E-state index in [0.29, 0.717) is 6.04 Å². The van der Waals surface area contributed by atoms with Gasteiger partial charge in [-0.05, 0) is 37.6 Å². The number of pyridine rings is 1. The van der Waals surface area contributed by atoms with E-state index in [-0.39, 0.29) is 6.61 Å². The second-order valence-electron chi connectivity index (χ2n) is 5.13. The predicted octanol–water partition coefficient (Wildman–Crippen LogP) is 1.41. The lowest BCUT2D eigenvalue weighted by molar-refractivity contribution is 0.212. The first-order valence-electron chi connectivity index (χ1n) is 6.67. The number of likely N-dealkylation sites (N-methyl/N-ethyl adjacent to an activating group) is 1. The molecule has 2 heterocycles. The molecule has 100 valence electrons. The van der Waals surface area contributed by atoms with E-state index in [0.717, 1.165) is 36.6 Å². The fourth-order valence-electron chi connectivity index (χ4n) is 2.62. The van der Waals surface area contributed by atoms with E-state index >= 15 is 0 Å². The second-order valence-corrected chi connectivity index (χ2v) is 5.13. The molecule has 0 aliphatic carbocycles. The first kappa shape index (κ1) is 13.3. The Hall–Kier alpha value is -1.13. The van der Waals surface area contributed by atoms with Crippen LogP contribution in [-0.4, -0.2) is 47.7 Å². The van der Waals surface area contributed by atoms with Crippen molar-refractivity contribution in [1.29, 1.82) is 0 Å². The lowest BCUT2D eigenvalue weighted by atomic mass is 10.1. The van der Waals surface area contributed by atoms with E-state index in [4.69, 9.17) is 5.11 Å². The zero-order valence-electron chi connectivity index (χ0n) is 11.6. The molecule has 4 nitrogen and oxygen atoms in total. The van der Waals surface area contributed by atoms with Crippen LogP contribution in [-0.2, 0) is 6.61 Å². The molecule has 1 aliphatic heterocycles. The van der Waals surface area contributed by atoms with Gasteiger partial charge in [-0.15, -0.1) is 0 Å². The monoisotopic (exact) mass is 249 g/mol. The summed E-state index contributed by atoms with van der Waals surface area (Å²) in [5, 5.41) is 9.12. The van der Waals surface area contributed by atoms with Crippen molar-refractivity contribution in [3.63, 3.8) is 0 Å². The van der Waals surface area contributed by atoms with Gasteiger partial charge in [0.25, 0.3) is 0 Å². The molecule has 1 unspecified atom stereocenters. The molecule has 0 bridgehead atoms. The average molecular weight is 249 g/mol. The van der Waals surface area contributed by atoms with Crippen molar-refractivity contribution in [1.82, 2.24) is 9.88 Å². The number of hydrogen-bond acceptors (Lipinski definition) is 4. The van der Waals surface area contributed by atoms with Crippen LogP contribution in [0.25, 0.3) is 0 Å². The third kappa shape index (κ3) is 2.65. The van der Waals surface area contributed by atoms with E-state index < -0.39 is 0 Å². The molecule has 0 aromatic carbocycles. The molecule has 18 heavy (non-hydrogen) atoms. The lowest BCUT2D eigenvalue weighted by Crippen LogP contribution is -2.51. The van der Waals surface area contributed by atoms with Gasteiger partial charge in [0, 0.05) is 31.9 Å². The molecule has 0 spiro atoms. The molecule has 1 aromatic rings. The molecule has 1 aromatic heterocycles. The molecule has 0 amide bonds. The topological polar surface area (TPSA) is 39.6 Å². The van der Waals surface area contributed by atoms with Gasteiger partial charge >= 0.3 is 0 Å². The van der Waals surface area contributed by atoms with E-state index in [2.05, 4.69) is 35.7 Å². The standard InChI is InChI=1S/C14H23N3O/c1-4-13-9-17(6-5-16(13)3)14-11(2)7-12(10-18)8-15-14/h7-8,13,18H,4-6,9-10H2,1-3H3. The van der Waals surface area contributed by atoms with E-state index in [1.165, 1.54) is 6.42 Å². The van der Waals surface area contributed by atoms with Crippen LogP contribution in [0.2, 0.25) is 0 Å². The highest BCUT2D eigenvalue weighted by Gasteiger charge is 2.24. The Bertz CT molecular complexity index is 408. The van der Waals surface area contributed by atoms with E-state index in [1.54, 1.807) is 6.20 Å². The third-order valence-corrected chi connectivity index (χ3v) is 3.84. The molecule has 1 atom stereocenters. The SMILES string of the molecule is CCC1CN(c2ncc(CO)cc2C)CCN1C. The molecule has 1 saturated heterocycles. The Balaban J connectivity index is 2.16. The summed E-state index contributed by atoms with van der Waals surface area (Å²) in [5.74, 6) is 1.07. The molecule has 1 fully saturated rings. The fourth-order valence-corrected chi connectivity index (χ4v) is 2.62. The molecule has 0 radical (unpaired) electrons. The number of rotatable bonds is 3. The Labute approximate surface area is 109 Å². The molecular weight excluding hydrogens is 226 g/mol. The van der Waals surface area contributed by atoms with Gasteiger partial charge in [0.15, 0.2) is 0 Å². The molecular formula is C14H23N3O. The molecule has 2 rings (SSSR count). The van der Waals surface area contributed by atoms with Crippen molar-refractivity contribution in [2.75, 3.05) is 31.6 Å². The lowest BCUT2D eigenvalue weighted by Gasteiger charge is -2.40. The number of aliphatic hydroxyl groups is 1. The molecule has 4 heteroatoms. The number of hydrogen-bond donors (Lipinski definition) is 1. The van der Waals surface area contributed by atoms with Crippen LogP contribution >= 0.6 is 0 Å². The molecule has 1 N–H and O–H groups in total. The largest absolute Gasteiger partial charge is 0.392 e. The maximum atomic E-state index is 9.12. The highest BCUT2D eigenvalue weighted by atomic mass is 16.3. The third-order valence-electron chi connectivity index (χ3n) is 3.84. The average Bonchev–Trinajstić information content (AvgIpc) is 2.39. The number of aromatic nitrogens is 1. The fraction of sp³-hybridized carbons (Fsp3) is 0.643. The minimum Gasteiger partial charge on any atom is -0.392 e. The smallest absolute Gasteiger partial charge is 0.131 e. The zero-order valence-corrected chi connectivity index (χ0v) is 11.6. The Morgan fingerprint density at radius 3 is 2.83 bits per heavy atom. The van der Waals surface area contributed by atoms with E-state index in [9.17, 15) is 0 Å². The summed E-state index contributed by atoms with van der Waals surface area (Å²) in [4.78, 5) is 9.30. The van der Waals surface area contributed by atoms with Gasteiger partial charge in [-0.2, -0.15) is 0 Å². The van der Waals surface area contributed by atoms with Crippen LogP contribution in [0.15, 0.2) is 12.3 Å². The summed E-state index contributed by atoms with van der Waals surface area (Å²) >= 11 is 0. The zero-order chi connectivity index (χ0) is 13.1. The summed E-state index contributed by atoms with van der Waals surface area (Å²) < 4.78 is 0. The first-order chi connectivity index (χ1) is 8.65. The van der Waals surface area contributed by atoms with Gasteiger partial charge in [0.2, 0.25) is 0 Å². The van der Waals surface area contributed by atoms with Gasteiger partial charge in [-0.25, -0.2) is 4.98 Å². The van der Waals surface area contributed by atoms with Crippen LogP contribution in [0, 0.1) is 6.92 Å². The number of piperazine rings is 1. The minimum absolute atomic E-state index is 0.0639. The molecule has 1 aliphatic rings. The van der Waals surface area contributed by atoms with Crippen LogP contribution in [0.3, 0.4) is 0 Å². The summed E-state index contributed by atoms with van der Waals surface area (Å²) in [6, 6.07) is 2.64. The van der Waals surface area contributed by atoms with Crippen molar-refractivity contribution in [3.05, 3.63) is 23.4 Å². The van der Waals surface area contributed by atoms with Crippen molar-refractivity contribution >= 4 is 5.82 Å². The number of aliphatic hydroxyl groups excluding tert-OH is 1. The quantitative estimate of drug-likeness (QED) is 0.879. The maximum Gasteiger partial charge on any atom is 0.131 e. The van der Waals surface area contributed by atoms with Gasteiger partial charge in [0.05, 0.1) is 6.61 Å². The van der Waals surface area contributed by atoms with Crippen LogP contribution in [0.5, 0.6) is 0 Å². The number of nitrogens with zero attached hydrogens (tertiary/aromatic N) is 3. The summed E-state index contributed by atoms with van der Waals surface area (Å²) in [5.41, 5.74) is 2.04. The first-order valence-corrected chi connectivity index (χ1v) is 6.67. The van der Waals surface area contributed by atoms with Crippen LogP contribution in [0.1, 0.15) is 24.5 Å². The highest BCUT2D eigenvalue weighted by molar-refractivity contribution is 5.48. The minimum atomic E-state index is 0.0639. The van der Waals surface area contributed by atoms with Gasteiger partial charge in [-0.3, -0.25) is 4.90 Å². The summed E-state index contributed by atoms with van der Waals surface area (Å²) in [6.07, 6.45) is 2.95. The Kier molecular flexibility index (Phi) is 4.19. The van der Waals surface area contributed by atoms with Crippen molar-refractivity contribution < 1.29 is 5.11 Å². The Morgan fingerprint density at radius 2 is 2.22 bits per heavy atom. The van der Waals surface area contributed by atoms with Gasteiger partial charge < -0.3 is 10.0 Å².